The van der Waals surface area contributed by atoms with E-state index < -0.39 is 5.97 Å². The van der Waals surface area contributed by atoms with Crippen molar-refractivity contribution in [3.63, 3.8) is 0 Å². The number of benzene rings is 1. The minimum Gasteiger partial charge on any atom is -0.508 e. The number of hydrogen-bond donors (Lipinski definition) is 3. The van der Waals surface area contributed by atoms with E-state index in [4.69, 9.17) is 5.11 Å². The van der Waals surface area contributed by atoms with Crippen molar-refractivity contribution >= 4 is 22.8 Å². The van der Waals surface area contributed by atoms with Crippen LogP contribution in [0.5, 0.6) is 5.75 Å². The molecule has 0 saturated heterocycles. The Labute approximate surface area is 127 Å². The van der Waals surface area contributed by atoms with E-state index in [1.165, 1.54) is 13.0 Å². The van der Waals surface area contributed by atoms with Gasteiger partial charge in [0.15, 0.2) is 0 Å². The van der Waals surface area contributed by atoms with Crippen molar-refractivity contribution in [3.8, 4) is 5.75 Å². The van der Waals surface area contributed by atoms with Crippen LogP contribution in [0.2, 0.25) is 0 Å². The number of hydrogen-bond acceptors (Lipinski definition) is 3. The Bertz CT molecular complexity index is 787. The minimum atomic E-state index is -1.01. The van der Waals surface area contributed by atoms with E-state index in [0.29, 0.717) is 10.9 Å². The summed E-state index contributed by atoms with van der Waals surface area (Å²) < 4.78 is 1.88. The first-order valence-electron chi connectivity index (χ1n) is 6.79. The average Bonchev–Trinajstić information content (AvgIpc) is 2.70. The Morgan fingerprint density at radius 1 is 1.36 bits per heavy atom. The van der Waals surface area contributed by atoms with Crippen LogP contribution in [-0.4, -0.2) is 33.2 Å². The molecule has 0 unspecified atom stereocenters. The molecule has 2 rings (SSSR count). The molecule has 1 amide bonds. The molecule has 1 aromatic carbocycles. The average molecular weight is 302 g/mol. The molecule has 0 aliphatic carbocycles. The van der Waals surface area contributed by atoms with Crippen molar-refractivity contribution in [2.24, 2.45) is 7.05 Å². The number of carbonyl (C=O) groups is 2. The Morgan fingerprint density at radius 3 is 2.68 bits per heavy atom. The highest BCUT2D eigenvalue weighted by molar-refractivity contribution is 6.08. The third-order valence-electron chi connectivity index (χ3n) is 3.71. The maximum Gasteiger partial charge on any atom is 0.331 e. The number of aromatic nitrogens is 1. The molecule has 116 valence electrons. The van der Waals surface area contributed by atoms with Gasteiger partial charge in [-0.2, -0.15) is 0 Å². The molecule has 6 heteroatoms. The molecule has 0 saturated carbocycles. The van der Waals surface area contributed by atoms with E-state index >= 15 is 0 Å². The fraction of sp³-hybridized carbons (Fsp3) is 0.250. The first kappa shape index (κ1) is 15.6. The van der Waals surface area contributed by atoms with E-state index in [-0.39, 0.29) is 23.8 Å². The van der Waals surface area contributed by atoms with Crippen LogP contribution in [0.3, 0.4) is 0 Å². The second-order valence-electron chi connectivity index (χ2n) is 5.12. The summed E-state index contributed by atoms with van der Waals surface area (Å²) >= 11 is 0. The summed E-state index contributed by atoms with van der Waals surface area (Å²) in [7, 11) is 1.85. The predicted octanol–water partition coefficient (Wildman–Crippen LogP) is 1.95. The third kappa shape index (κ3) is 2.81. The highest BCUT2D eigenvalue weighted by Gasteiger charge is 2.18. The van der Waals surface area contributed by atoms with Gasteiger partial charge in [0.05, 0.1) is 5.56 Å². The number of fused-ring (bicyclic) bond motifs is 1. The topological polar surface area (TPSA) is 91.6 Å². The van der Waals surface area contributed by atoms with Gasteiger partial charge in [-0.25, -0.2) is 4.79 Å². The zero-order valence-corrected chi connectivity index (χ0v) is 12.7. The van der Waals surface area contributed by atoms with Crippen molar-refractivity contribution in [3.05, 3.63) is 41.1 Å². The first-order chi connectivity index (χ1) is 10.3. The number of phenolic OH excluding ortho intramolecular Hbond substituents is 1. The van der Waals surface area contributed by atoms with Gasteiger partial charge in [0, 0.05) is 35.8 Å². The zero-order valence-electron chi connectivity index (χ0n) is 12.7. The number of carboxylic acids is 1. The minimum absolute atomic E-state index is 0.0915. The van der Waals surface area contributed by atoms with Gasteiger partial charge < -0.3 is 20.1 Å². The Morgan fingerprint density at radius 2 is 2.05 bits per heavy atom. The molecule has 0 spiro atoms. The largest absolute Gasteiger partial charge is 0.508 e. The standard InChI is InChI=1S/C16H18N2O4/c1-9(16(21)22)6-7-17-15(20)14-10(2)18(3)13-5-4-11(19)8-12(13)14/h4-6,8,19H,7H2,1-3H3,(H,17,20)(H,21,22). The number of carboxylic acid groups (broad SMARTS) is 1. The van der Waals surface area contributed by atoms with Gasteiger partial charge in [-0.15, -0.1) is 0 Å². The van der Waals surface area contributed by atoms with Gasteiger partial charge in [-0.1, -0.05) is 6.08 Å². The molecule has 22 heavy (non-hydrogen) atoms. The molecule has 2 aromatic rings. The molecule has 0 radical (unpaired) electrons. The zero-order chi connectivity index (χ0) is 16.4. The first-order valence-corrected chi connectivity index (χ1v) is 6.79. The van der Waals surface area contributed by atoms with E-state index in [1.807, 2.05) is 18.5 Å². The molecule has 1 heterocycles. The maximum absolute atomic E-state index is 12.4. The fourth-order valence-electron chi connectivity index (χ4n) is 2.32. The van der Waals surface area contributed by atoms with Gasteiger partial charge in [0.2, 0.25) is 0 Å². The number of aromatic hydroxyl groups is 1. The van der Waals surface area contributed by atoms with Crippen molar-refractivity contribution in [1.82, 2.24) is 9.88 Å². The summed E-state index contributed by atoms with van der Waals surface area (Å²) in [5.74, 6) is -1.22. The van der Waals surface area contributed by atoms with Gasteiger partial charge in [0.1, 0.15) is 5.75 Å². The highest BCUT2D eigenvalue weighted by atomic mass is 16.4. The van der Waals surface area contributed by atoms with Crippen LogP contribution < -0.4 is 5.32 Å². The van der Waals surface area contributed by atoms with E-state index in [9.17, 15) is 14.7 Å². The van der Waals surface area contributed by atoms with E-state index in [0.717, 1.165) is 11.2 Å². The van der Waals surface area contributed by atoms with Crippen molar-refractivity contribution in [2.75, 3.05) is 6.54 Å². The summed E-state index contributed by atoms with van der Waals surface area (Å²) in [6.45, 7) is 3.42. The number of carbonyl (C=O) groups excluding carboxylic acids is 1. The number of aliphatic carboxylic acids is 1. The third-order valence-corrected chi connectivity index (χ3v) is 3.71. The molecule has 3 N–H and O–H groups in total. The summed E-state index contributed by atoms with van der Waals surface area (Å²) in [5, 5.41) is 21.7. The summed E-state index contributed by atoms with van der Waals surface area (Å²) in [4.78, 5) is 23.1. The van der Waals surface area contributed by atoms with Gasteiger partial charge in [0.25, 0.3) is 5.91 Å². The van der Waals surface area contributed by atoms with Crippen LogP contribution >= 0.6 is 0 Å². The van der Waals surface area contributed by atoms with Crippen LogP contribution in [0, 0.1) is 6.92 Å². The molecule has 0 atom stereocenters. The number of nitrogens with one attached hydrogen (secondary N) is 1. The summed E-state index contributed by atoms with van der Waals surface area (Å²) in [5.41, 5.74) is 2.28. The molecule has 6 nitrogen and oxygen atoms in total. The number of aryl methyl sites for hydroxylation is 1. The highest BCUT2D eigenvalue weighted by Crippen LogP contribution is 2.28. The quantitative estimate of drug-likeness (QED) is 0.753. The molecule has 0 aliphatic rings. The van der Waals surface area contributed by atoms with E-state index in [2.05, 4.69) is 5.32 Å². The lowest BCUT2D eigenvalue weighted by molar-refractivity contribution is -0.132. The Balaban J connectivity index is 2.32. The van der Waals surface area contributed by atoms with Crippen LogP contribution in [0.4, 0.5) is 0 Å². The molecule has 0 fully saturated rings. The van der Waals surface area contributed by atoms with Gasteiger partial charge in [-0.05, 0) is 32.0 Å². The molecule has 0 aliphatic heterocycles. The lowest BCUT2D eigenvalue weighted by Gasteiger charge is -2.04. The van der Waals surface area contributed by atoms with Crippen LogP contribution in [0.25, 0.3) is 10.9 Å². The van der Waals surface area contributed by atoms with Gasteiger partial charge >= 0.3 is 5.97 Å². The predicted molar refractivity (Wildman–Crippen MR) is 83.0 cm³/mol. The number of rotatable bonds is 4. The number of nitrogens with zero attached hydrogens (tertiary/aromatic N) is 1. The van der Waals surface area contributed by atoms with Gasteiger partial charge in [-0.3, -0.25) is 4.79 Å². The maximum atomic E-state index is 12.4. The number of amides is 1. The van der Waals surface area contributed by atoms with Crippen molar-refractivity contribution in [1.29, 1.82) is 0 Å². The summed E-state index contributed by atoms with van der Waals surface area (Å²) in [6, 6.07) is 4.88. The SMILES string of the molecule is CC(=CCNC(=O)c1c(C)n(C)c2ccc(O)cc12)C(=O)O. The Hall–Kier alpha value is -2.76. The normalized spacial score (nSPS) is 11.7. The lowest BCUT2D eigenvalue weighted by atomic mass is 10.1. The fourth-order valence-corrected chi connectivity index (χ4v) is 2.32. The van der Waals surface area contributed by atoms with E-state index in [1.54, 1.807) is 18.2 Å². The Kier molecular flexibility index (Phi) is 4.21. The van der Waals surface area contributed by atoms with Crippen LogP contribution in [-0.2, 0) is 11.8 Å². The number of phenols is 1. The summed E-state index contributed by atoms with van der Waals surface area (Å²) in [6.07, 6.45) is 1.44. The molecule has 0 bridgehead atoms. The molecule has 1 aromatic heterocycles. The van der Waals surface area contributed by atoms with Crippen molar-refractivity contribution < 1.29 is 19.8 Å². The smallest absolute Gasteiger partial charge is 0.331 e. The second kappa shape index (κ2) is 5.93. The lowest BCUT2D eigenvalue weighted by Crippen LogP contribution is -2.24. The molecular formula is C16H18N2O4. The van der Waals surface area contributed by atoms with Crippen LogP contribution in [0.15, 0.2) is 29.8 Å². The van der Waals surface area contributed by atoms with Crippen LogP contribution in [0.1, 0.15) is 23.0 Å². The second-order valence-corrected chi connectivity index (χ2v) is 5.12. The molecular weight excluding hydrogens is 284 g/mol. The van der Waals surface area contributed by atoms with Crippen molar-refractivity contribution in [2.45, 2.75) is 13.8 Å². The monoisotopic (exact) mass is 302 g/mol.